The number of hydrogen-bond acceptors (Lipinski definition) is 5. The number of carbonyl (C=O) groups is 1. The fraction of sp³-hybridized carbons (Fsp3) is 0.429. The van der Waals surface area contributed by atoms with Gasteiger partial charge in [-0.3, -0.25) is 14.2 Å². The molecule has 3 rings (SSSR count). The third kappa shape index (κ3) is 6.85. The number of fused-ring (bicyclic) bond motifs is 1. The van der Waals surface area contributed by atoms with Crippen molar-refractivity contribution >= 4 is 16.7 Å². The van der Waals surface area contributed by atoms with E-state index in [2.05, 4.69) is 31.1 Å². The molecular formula is C28H37N3O4. The molecule has 0 radical (unpaired) electrons. The predicted molar refractivity (Wildman–Crippen MR) is 141 cm³/mol. The lowest BCUT2D eigenvalue weighted by atomic mass is 10.1. The number of nitrogens with zero attached hydrogens (tertiary/aromatic N) is 2. The SMILES string of the molecule is CCN(C)C[C@H](C)COc1ccc2cc(-c3cccc(OC)c3)n(CC(=O)NC(C)C)c(=O)c2c1. The number of nitrogens with one attached hydrogen (secondary N) is 1. The van der Waals surface area contributed by atoms with Crippen molar-refractivity contribution in [2.24, 2.45) is 5.92 Å². The van der Waals surface area contributed by atoms with Crippen molar-refractivity contribution in [3.05, 3.63) is 58.9 Å². The monoisotopic (exact) mass is 479 g/mol. The van der Waals surface area contributed by atoms with Crippen LogP contribution in [0.4, 0.5) is 0 Å². The summed E-state index contributed by atoms with van der Waals surface area (Å²) in [6.07, 6.45) is 0. The minimum absolute atomic E-state index is 0.0207. The zero-order chi connectivity index (χ0) is 25.5. The second kappa shape index (κ2) is 11.9. The van der Waals surface area contributed by atoms with Crippen molar-refractivity contribution in [2.45, 2.75) is 40.3 Å². The summed E-state index contributed by atoms with van der Waals surface area (Å²) in [6, 6.07) is 15.0. The van der Waals surface area contributed by atoms with Crippen LogP contribution >= 0.6 is 0 Å². The normalized spacial score (nSPS) is 12.2. The molecule has 0 aliphatic rings. The molecule has 35 heavy (non-hydrogen) atoms. The van der Waals surface area contributed by atoms with E-state index in [1.54, 1.807) is 13.2 Å². The highest BCUT2D eigenvalue weighted by atomic mass is 16.5. The first-order valence-corrected chi connectivity index (χ1v) is 12.1. The molecule has 0 unspecified atom stereocenters. The van der Waals surface area contributed by atoms with Gasteiger partial charge < -0.3 is 19.7 Å². The predicted octanol–water partition coefficient (Wildman–Crippen LogP) is 4.17. The summed E-state index contributed by atoms with van der Waals surface area (Å²) < 4.78 is 12.9. The molecule has 1 atom stereocenters. The van der Waals surface area contributed by atoms with E-state index in [1.807, 2.05) is 56.3 Å². The Bertz CT molecular complexity index is 1220. The highest BCUT2D eigenvalue weighted by Gasteiger charge is 2.16. The van der Waals surface area contributed by atoms with Crippen LogP contribution in [0.25, 0.3) is 22.0 Å². The molecular weight excluding hydrogens is 442 g/mol. The van der Waals surface area contributed by atoms with Crippen LogP contribution in [0.5, 0.6) is 11.5 Å². The lowest BCUT2D eigenvalue weighted by Crippen LogP contribution is -2.36. The molecule has 1 N–H and O–H groups in total. The molecule has 1 aromatic heterocycles. The summed E-state index contributed by atoms with van der Waals surface area (Å²) in [5.74, 6) is 1.46. The zero-order valence-corrected chi connectivity index (χ0v) is 21.6. The summed E-state index contributed by atoms with van der Waals surface area (Å²) in [4.78, 5) is 28.6. The molecule has 0 fully saturated rings. The van der Waals surface area contributed by atoms with Crippen LogP contribution in [-0.4, -0.2) is 55.3 Å². The standard InChI is InChI=1S/C28H37N3O4/c1-7-30(5)16-20(4)18-35-24-12-11-21-14-26(22-9-8-10-23(13-22)34-6)31(28(33)25(21)15-24)17-27(32)29-19(2)3/h8-15,19-20H,7,16-18H2,1-6H3,(H,29,32)/t20-/m0/s1. The van der Waals surface area contributed by atoms with E-state index in [4.69, 9.17) is 9.47 Å². The van der Waals surface area contributed by atoms with E-state index >= 15 is 0 Å². The van der Waals surface area contributed by atoms with Gasteiger partial charge in [0.25, 0.3) is 5.56 Å². The van der Waals surface area contributed by atoms with Crippen LogP contribution in [0.15, 0.2) is 53.3 Å². The van der Waals surface area contributed by atoms with Crippen LogP contribution in [-0.2, 0) is 11.3 Å². The fourth-order valence-electron chi connectivity index (χ4n) is 4.06. The number of aromatic nitrogens is 1. The lowest BCUT2D eigenvalue weighted by molar-refractivity contribution is -0.122. The largest absolute Gasteiger partial charge is 0.497 e. The van der Waals surface area contributed by atoms with Crippen molar-refractivity contribution in [3.63, 3.8) is 0 Å². The van der Waals surface area contributed by atoms with E-state index in [-0.39, 0.29) is 24.1 Å². The molecule has 0 bridgehead atoms. The highest BCUT2D eigenvalue weighted by Crippen LogP contribution is 2.27. The molecule has 0 spiro atoms. The van der Waals surface area contributed by atoms with Crippen LogP contribution in [0.2, 0.25) is 0 Å². The topological polar surface area (TPSA) is 72.8 Å². The van der Waals surface area contributed by atoms with Gasteiger partial charge >= 0.3 is 0 Å². The number of carbonyl (C=O) groups excluding carboxylic acids is 1. The molecule has 1 heterocycles. The average molecular weight is 480 g/mol. The number of rotatable bonds is 11. The second-order valence-electron chi connectivity index (χ2n) is 9.40. The van der Waals surface area contributed by atoms with Gasteiger partial charge in [-0.05, 0) is 63.2 Å². The first-order chi connectivity index (χ1) is 16.7. The van der Waals surface area contributed by atoms with Gasteiger partial charge in [0.05, 0.1) is 24.8 Å². The molecule has 2 aromatic carbocycles. The van der Waals surface area contributed by atoms with Gasteiger partial charge in [0, 0.05) is 24.1 Å². The van der Waals surface area contributed by atoms with E-state index in [0.717, 1.165) is 24.0 Å². The quantitative estimate of drug-likeness (QED) is 0.447. The third-order valence-corrected chi connectivity index (χ3v) is 5.90. The van der Waals surface area contributed by atoms with Gasteiger partial charge in [-0.25, -0.2) is 0 Å². The van der Waals surface area contributed by atoms with Gasteiger partial charge in [0.2, 0.25) is 5.91 Å². The summed E-state index contributed by atoms with van der Waals surface area (Å²) in [6.45, 7) is 10.5. The van der Waals surface area contributed by atoms with E-state index in [1.165, 1.54) is 4.57 Å². The number of amides is 1. The van der Waals surface area contributed by atoms with Crippen molar-refractivity contribution in [2.75, 3.05) is 33.9 Å². The van der Waals surface area contributed by atoms with Crippen molar-refractivity contribution < 1.29 is 14.3 Å². The van der Waals surface area contributed by atoms with Gasteiger partial charge in [-0.15, -0.1) is 0 Å². The highest BCUT2D eigenvalue weighted by molar-refractivity contribution is 5.87. The van der Waals surface area contributed by atoms with Gasteiger partial charge in [-0.2, -0.15) is 0 Å². The maximum Gasteiger partial charge on any atom is 0.259 e. The van der Waals surface area contributed by atoms with E-state index in [9.17, 15) is 9.59 Å². The first-order valence-electron chi connectivity index (χ1n) is 12.1. The zero-order valence-electron chi connectivity index (χ0n) is 21.6. The van der Waals surface area contributed by atoms with Crippen molar-refractivity contribution in [3.8, 4) is 22.8 Å². The Morgan fingerprint density at radius 3 is 2.54 bits per heavy atom. The minimum atomic E-state index is -0.233. The van der Waals surface area contributed by atoms with Crippen LogP contribution in [0.3, 0.4) is 0 Å². The Morgan fingerprint density at radius 1 is 1.09 bits per heavy atom. The number of pyridine rings is 1. The van der Waals surface area contributed by atoms with Gasteiger partial charge in [-0.1, -0.05) is 32.0 Å². The molecule has 0 saturated carbocycles. The summed E-state index contributed by atoms with van der Waals surface area (Å²) in [5.41, 5.74) is 1.23. The van der Waals surface area contributed by atoms with Crippen LogP contribution in [0, 0.1) is 5.92 Å². The Kier molecular flexibility index (Phi) is 8.93. The molecule has 1 amide bonds. The number of methoxy groups -OCH3 is 1. The van der Waals surface area contributed by atoms with E-state index < -0.39 is 0 Å². The van der Waals surface area contributed by atoms with Crippen LogP contribution in [0.1, 0.15) is 27.7 Å². The summed E-state index contributed by atoms with van der Waals surface area (Å²) >= 11 is 0. The molecule has 188 valence electrons. The minimum Gasteiger partial charge on any atom is -0.497 e. The Morgan fingerprint density at radius 2 is 1.86 bits per heavy atom. The molecule has 0 saturated heterocycles. The summed E-state index contributed by atoms with van der Waals surface area (Å²) in [7, 11) is 3.69. The molecule has 0 aliphatic carbocycles. The van der Waals surface area contributed by atoms with Gasteiger partial charge in [0.1, 0.15) is 18.0 Å². The maximum absolute atomic E-state index is 13.7. The second-order valence-corrected chi connectivity index (χ2v) is 9.40. The Labute approximate surface area is 207 Å². The average Bonchev–Trinajstić information content (AvgIpc) is 2.83. The Balaban J connectivity index is 2.01. The third-order valence-electron chi connectivity index (χ3n) is 5.90. The number of benzene rings is 2. The lowest BCUT2D eigenvalue weighted by Gasteiger charge is -2.20. The van der Waals surface area contributed by atoms with Crippen molar-refractivity contribution in [1.82, 2.24) is 14.8 Å². The molecule has 7 nitrogen and oxygen atoms in total. The first kappa shape index (κ1) is 26.3. The number of hydrogen-bond donors (Lipinski definition) is 1. The molecule has 3 aromatic rings. The van der Waals surface area contributed by atoms with Gasteiger partial charge in [0.15, 0.2) is 0 Å². The molecule has 0 aliphatic heterocycles. The maximum atomic E-state index is 13.7. The fourth-order valence-corrected chi connectivity index (χ4v) is 4.06. The van der Waals surface area contributed by atoms with Crippen LogP contribution < -0.4 is 20.3 Å². The Hall–Kier alpha value is -3.32. The van der Waals surface area contributed by atoms with Crippen molar-refractivity contribution in [1.29, 1.82) is 0 Å². The molecule has 7 heteroatoms. The van der Waals surface area contributed by atoms with E-state index in [0.29, 0.717) is 35.1 Å². The smallest absolute Gasteiger partial charge is 0.259 e. The number of ether oxygens (including phenoxy) is 2. The summed E-state index contributed by atoms with van der Waals surface area (Å²) in [5, 5.41) is 4.19.